The third-order valence-corrected chi connectivity index (χ3v) is 5.46. The number of halogens is 5. The number of hydrogen-bond acceptors (Lipinski definition) is 1. The first-order valence-corrected chi connectivity index (χ1v) is 10.5. The van der Waals surface area contributed by atoms with E-state index in [-0.39, 0.29) is 6.67 Å². The highest BCUT2D eigenvalue weighted by molar-refractivity contribution is 5.26. The molecule has 1 aliphatic carbocycles. The molecule has 0 bridgehead atoms. The largest absolute Gasteiger partial charge is 0.432 e. The molecular weight excluding hydrogens is 399 g/mol. The molecule has 1 nitrogen and oxygen atoms in total. The zero-order valence-corrected chi connectivity index (χ0v) is 17.2. The van der Waals surface area contributed by atoms with Gasteiger partial charge in [-0.05, 0) is 73.6 Å². The first-order chi connectivity index (χ1) is 14.4. The summed E-state index contributed by atoms with van der Waals surface area (Å²) in [5.41, 5.74) is 2.95. The molecule has 0 N–H and O–H groups in total. The molecule has 0 saturated heterocycles. The van der Waals surface area contributed by atoms with Gasteiger partial charge in [0.15, 0.2) is 11.6 Å². The molecule has 3 rings (SSSR count). The third kappa shape index (κ3) is 7.96. The van der Waals surface area contributed by atoms with Crippen LogP contribution < -0.4 is 4.74 Å². The number of alkyl halides is 3. The van der Waals surface area contributed by atoms with Crippen LogP contribution in [0, 0.1) is 17.6 Å². The van der Waals surface area contributed by atoms with Gasteiger partial charge in [-0.25, -0.2) is 8.78 Å². The Hall–Kier alpha value is -2.11. The van der Waals surface area contributed by atoms with Crippen molar-refractivity contribution >= 4 is 0 Å². The summed E-state index contributed by atoms with van der Waals surface area (Å²) in [6.07, 6.45) is 8.10. The number of benzene rings is 2. The normalized spacial score (nSPS) is 18.6. The smallest absolute Gasteiger partial charge is 0.387 e. The molecule has 0 atom stereocenters. The maximum Gasteiger partial charge on any atom is 0.387 e. The molecular formula is C24H29F5O. The van der Waals surface area contributed by atoms with E-state index in [1.807, 2.05) is 0 Å². The van der Waals surface area contributed by atoms with Crippen molar-refractivity contribution in [1.29, 1.82) is 0 Å². The summed E-state index contributed by atoms with van der Waals surface area (Å²) in [7, 11) is 0. The van der Waals surface area contributed by atoms with Gasteiger partial charge in [0.05, 0.1) is 6.67 Å². The molecule has 2 aromatic rings. The standard InChI is InChI=1S/C17H25F.C7H4F4O/c1-2-3-14-4-8-16(9-5-14)17-10-6-15(7-11-17)12-13-18;8-4-1-2-6(5(9)3-4)12-7(10)11/h4-5,8-9,15,17H,2-3,6-7,10-13H2,1H3;1-3,7H. The maximum absolute atomic E-state index is 12.5. The molecule has 1 aliphatic rings. The van der Waals surface area contributed by atoms with Crippen molar-refractivity contribution in [3.05, 3.63) is 65.2 Å². The van der Waals surface area contributed by atoms with Gasteiger partial charge in [0.1, 0.15) is 5.82 Å². The summed E-state index contributed by atoms with van der Waals surface area (Å²) < 4.78 is 63.8. The first-order valence-electron chi connectivity index (χ1n) is 10.5. The molecule has 0 amide bonds. The lowest BCUT2D eigenvalue weighted by Crippen LogP contribution is -2.13. The minimum absolute atomic E-state index is 0.138. The summed E-state index contributed by atoms with van der Waals surface area (Å²) in [5.74, 6) is -1.28. The molecule has 0 spiro atoms. The molecule has 6 heteroatoms. The SMILES string of the molecule is CCCc1ccc(C2CCC(CCF)CC2)cc1.Fc1ccc(OC(F)F)c(F)c1. The van der Waals surface area contributed by atoms with Crippen LogP contribution in [-0.2, 0) is 6.42 Å². The summed E-state index contributed by atoms with van der Waals surface area (Å²) in [5, 5.41) is 0. The molecule has 166 valence electrons. The van der Waals surface area contributed by atoms with Gasteiger partial charge in [-0.15, -0.1) is 0 Å². The average Bonchev–Trinajstić information content (AvgIpc) is 2.72. The number of aryl methyl sites for hydroxylation is 1. The Kier molecular flexibility index (Phi) is 10.1. The van der Waals surface area contributed by atoms with Crippen molar-refractivity contribution in [1.82, 2.24) is 0 Å². The lowest BCUT2D eigenvalue weighted by molar-refractivity contribution is -0.0522. The van der Waals surface area contributed by atoms with Crippen molar-refractivity contribution in [2.75, 3.05) is 6.67 Å². The van der Waals surface area contributed by atoms with Crippen molar-refractivity contribution < 1.29 is 26.7 Å². The summed E-state index contributed by atoms with van der Waals surface area (Å²) in [6, 6.07) is 11.3. The van der Waals surface area contributed by atoms with Gasteiger partial charge in [-0.3, -0.25) is 4.39 Å². The van der Waals surface area contributed by atoms with E-state index in [9.17, 15) is 22.0 Å². The zero-order chi connectivity index (χ0) is 21.9. The molecule has 1 fully saturated rings. The Bertz CT molecular complexity index is 740. The Morgan fingerprint density at radius 3 is 2.17 bits per heavy atom. The van der Waals surface area contributed by atoms with Crippen molar-refractivity contribution in [3.8, 4) is 5.75 Å². The molecule has 1 saturated carbocycles. The van der Waals surface area contributed by atoms with Gasteiger partial charge in [0.25, 0.3) is 0 Å². The second kappa shape index (κ2) is 12.6. The Labute approximate surface area is 175 Å². The second-order valence-electron chi connectivity index (χ2n) is 7.64. The van der Waals surface area contributed by atoms with Gasteiger partial charge in [-0.1, -0.05) is 37.6 Å². The predicted molar refractivity (Wildman–Crippen MR) is 109 cm³/mol. The molecule has 0 aliphatic heterocycles. The van der Waals surface area contributed by atoms with Crippen molar-refractivity contribution in [2.45, 2.75) is 64.4 Å². The third-order valence-electron chi connectivity index (χ3n) is 5.46. The maximum atomic E-state index is 12.5. The fraction of sp³-hybridized carbons (Fsp3) is 0.500. The fourth-order valence-electron chi connectivity index (χ4n) is 3.85. The highest BCUT2D eigenvalue weighted by atomic mass is 19.3. The van der Waals surface area contributed by atoms with E-state index in [4.69, 9.17) is 0 Å². The van der Waals surface area contributed by atoms with Gasteiger partial charge < -0.3 is 4.74 Å². The summed E-state index contributed by atoms with van der Waals surface area (Å²) >= 11 is 0. The van der Waals surface area contributed by atoms with Gasteiger partial charge in [0, 0.05) is 6.07 Å². The van der Waals surface area contributed by atoms with E-state index in [0.29, 0.717) is 12.0 Å². The molecule has 0 unspecified atom stereocenters. The Morgan fingerprint density at radius 2 is 1.63 bits per heavy atom. The number of ether oxygens (including phenoxy) is 1. The van der Waals surface area contributed by atoms with Crippen LogP contribution in [0.4, 0.5) is 22.0 Å². The highest BCUT2D eigenvalue weighted by Gasteiger charge is 2.21. The van der Waals surface area contributed by atoms with Gasteiger partial charge in [-0.2, -0.15) is 8.78 Å². The monoisotopic (exact) mass is 428 g/mol. The molecule has 30 heavy (non-hydrogen) atoms. The van der Waals surface area contributed by atoms with Crippen LogP contribution in [0.15, 0.2) is 42.5 Å². The summed E-state index contributed by atoms with van der Waals surface area (Å²) in [4.78, 5) is 0. The van der Waals surface area contributed by atoms with Crippen molar-refractivity contribution in [2.24, 2.45) is 5.92 Å². The minimum atomic E-state index is -3.11. The minimum Gasteiger partial charge on any atom is -0.432 e. The van der Waals surface area contributed by atoms with Crippen LogP contribution in [0.2, 0.25) is 0 Å². The Morgan fingerprint density at radius 1 is 0.967 bits per heavy atom. The van der Waals surface area contributed by atoms with Crippen LogP contribution >= 0.6 is 0 Å². The number of rotatable bonds is 7. The second-order valence-corrected chi connectivity index (χ2v) is 7.64. The van der Waals surface area contributed by atoms with Crippen LogP contribution in [0.1, 0.15) is 62.5 Å². The lowest BCUT2D eigenvalue weighted by atomic mass is 9.77. The molecule has 0 heterocycles. The topological polar surface area (TPSA) is 9.23 Å². The van der Waals surface area contributed by atoms with Crippen molar-refractivity contribution in [3.63, 3.8) is 0 Å². The van der Waals surface area contributed by atoms with E-state index >= 15 is 0 Å². The highest BCUT2D eigenvalue weighted by Crippen LogP contribution is 2.37. The van der Waals surface area contributed by atoms with E-state index < -0.39 is 24.0 Å². The van der Waals surface area contributed by atoms with Crippen LogP contribution in [0.3, 0.4) is 0 Å². The Balaban J connectivity index is 0.000000232. The quantitative estimate of drug-likeness (QED) is 0.408. The zero-order valence-electron chi connectivity index (χ0n) is 17.2. The van der Waals surface area contributed by atoms with E-state index in [1.165, 1.54) is 49.7 Å². The average molecular weight is 428 g/mol. The first kappa shape index (κ1) is 24.2. The van der Waals surface area contributed by atoms with Gasteiger partial charge >= 0.3 is 6.61 Å². The summed E-state index contributed by atoms with van der Waals surface area (Å²) in [6.45, 7) is -1.02. The number of hydrogen-bond donors (Lipinski definition) is 0. The molecule has 2 aromatic carbocycles. The lowest BCUT2D eigenvalue weighted by Gasteiger charge is -2.28. The van der Waals surface area contributed by atoms with Crippen LogP contribution in [0.25, 0.3) is 0 Å². The fourth-order valence-corrected chi connectivity index (χ4v) is 3.85. The van der Waals surface area contributed by atoms with E-state index in [0.717, 1.165) is 24.5 Å². The predicted octanol–water partition coefficient (Wildman–Crippen LogP) is 7.84. The molecule has 0 aromatic heterocycles. The van der Waals surface area contributed by atoms with Gasteiger partial charge in [0.2, 0.25) is 0 Å². The van der Waals surface area contributed by atoms with E-state index in [1.54, 1.807) is 0 Å². The molecule has 0 radical (unpaired) electrons. The van der Waals surface area contributed by atoms with E-state index in [2.05, 4.69) is 35.9 Å². The van der Waals surface area contributed by atoms with Crippen LogP contribution in [0.5, 0.6) is 5.75 Å². The van der Waals surface area contributed by atoms with Crippen LogP contribution in [-0.4, -0.2) is 13.3 Å².